The van der Waals surface area contributed by atoms with Gasteiger partial charge in [0.05, 0.1) is 33.2 Å². The molecule has 7 nitrogen and oxygen atoms in total. The quantitative estimate of drug-likeness (QED) is 0.509. The first-order valence-corrected chi connectivity index (χ1v) is 10.0. The van der Waals surface area contributed by atoms with E-state index >= 15 is 0 Å². The number of thiophene rings is 1. The van der Waals surface area contributed by atoms with E-state index in [4.69, 9.17) is 4.74 Å². The summed E-state index contributed by atoms with van der Waals surface area (Å²) in [6.45, 7) is 4.42. The molecule has 0 unspecified atom stereocenters. The van der Waals surface area contributed by atoms with Crippen LogP contribution in [0.2, 0.25) is 0 Å². The number of aromatic amines is 1. The number of hydrogen-bond acceptors (Lipinski definition) is 7. The number of anilines is 1. The van der Waals surface area contributed by atoms with Crippen LogP contribution in [-0.2, 0) is 4.74 Å². The SMILES string of the molecule is C[C@@H]1CN(c2c(C=O)cc(C#Cc3ccc(-c4nnn[nH]4)s3)c(F)c2F)C[C@H](C)O1. The number of nitrogens with zero attached hydrogens (tertiary/aromatic N) is 4. The Kier molecular flexibility index (Phi) is 5.57. The summed E-state index contributed by atoms with van der Waals surface area (Å²) in [5, 5.41) is 13.5. The number of hydrogen-bond donors (Lipinski definition) is 1. The molecule has 0 bridgehead atoms. The molecule has 1 N–H and O–H groups in total. The summed E-state index contributed by atoms with van der Waals surface area (Å²) in [7, 11) is 0. The number of morpholine rings is 1. The number of tetrazole rings is 1. The van der Waals surface area contributed by atoms with Gasteiger partial charge in [-0.15, -0.1) is 16.4 Å². The number of aromatic nitrogens is 4. The molecule has 10 heteroatoms. The monoisotopic (exact) mass is 429 g/mol. The van der Waals surface area contributed by atoms with Gasteiger partial charge in [0, 0.05) is 18.7 Å². The number of ether oxygens (including phenoxy) is 1. The van der Waals surface area contributed by atoms with Gasteiger partial charge in [0.1, 0.15) is 0 Å². The Morgan fingerprint density at radius 1 is 1.23 bits per heavy atom. The van der Waals surface area contributed by atoms with Gasteiger partial charge in [0.2, 0.25) is 0 Å². The second-order valence-corrected chi connectivity index (χ2v) is 8.02. The van der Waals surface area contributed by atoms with Gasteiger partial charge < -0.3 is 9.64 Å². The van der Waals surface area contributed by atoms with Crippen LogP contribution in [0.1, 0.15) is 34.6 Å². The topological polar surface area (TPSA) is 84.0 Å². The molecule has 0 radical (unpaired) electrons. The first-order chi connectivity index (χ1) is 14.5. The van der Waals surface area contributed by atoms with E-state index in [0.717, 1.165) is 4.88 Å². The van der Waals surface area contributed by atoms with Crippen LogP contribution in [0, 0.1) is 23.5 Å². The molecule has 1 aromatic carbocycles. The van der Waals surface area contributed by atoms with Crippen LogP contribution in [0.5, 0.6) is 0 Å². The van der Waals surface area contributed by atoms with E-state index in [0.29, 0.717) is 30.1 Å². The van der Waals surface area contributed by atoms with Crippen molar-refractivity contribution in [1.29, 1.82) is 0 Å². The second-order valence-electron chi connectivity index (χ2n) is 6.93. The third kappa shape index (κ3) is 3.94. The molecule has 0 amide bonds. The van der Waals surface area contributed by atoms with E-state index < -0.39 is 11.6 Å². The number of benzene rings is 1. The first-order valence-electron chi connectivity index (χ1n) is 9.19. The summed E-state index contributed by atoms with van der Waals surface area (Å²) < 4.78 is 35.4. The highest BCUT2D eigenvalue weighted by molar-refractivity contribution is 7.15. The molecule has 1 saturated heterocycles. The Morgan fingerprint density at radius 3 is 2.67 bits per heavy atom. The van der Waals surface area contributed by atoms with Gasteiger partial charge in [-0.1, -0.05) is 11.8 Å². The molecule has 154 valence electrons. The number of nitrogens with one attached hydrogen (secondary N) is 1. The second kappa shape index (κ2) is 8.30. The summed E-state index contributed by atoms with van der Waals surface area (Å²) in [5.41, 5.74) is -0.172. The highest BCUT2D eigenvalue weighted by Gasteiger charge is 2.28. The van der Waals surface area contributed by atoms with Crippen LogP contribution in [-0.4, -0.2) is 52.2 Å². The van der Waals surface area contributed by atoms with Crippen LogP contribution in [0.4, 0.5) is 14.5 Å². The predicted octanol–water partition coefficient (Wildman–Crippen LogP) is 3.03. The minimum atomic E-state index is -1.08. The highest BCUT2D eigenvalue weighted by Crippen LogP contribution is 2.31. The molecule has 2 atom stereocenters. The first kappa shape index (κ1) is 20.1. The van der Waals surface area contributed by atoms with Crippen molar-refractivity contribution in [1.82, 2.24) is 20.6 Å². The van der Waals surface area contributed by atoms with Crippen molar-refractivity contribution < 1.29 is 18.3 Å². The molecule has 30 heavy (non-hydrogen) atoms. The normalized spacial score (nSPS) is 18.7. The Labute approximate surface area is 175 Å². The largest absolute Gasteiger partial charge is 0.372 e. The van der Waals surface area contributed by atoms with Crippen LogP contribution < -0.4 is 4.90 Å². The molecular weight excluding hydrogens is 412 g/mol. The van der Waals surface area contributed by atoms with Crippen LogP contribution in [0.25, 0.3) is 10.7 Å². The molecule has 3 aromatic rings. The fourth-order valence-corrected chi connectivity index (χ4v) is 4.22. The average molecular weight is 429 g/mol. The van der Waals surface area contributed by atoms with Crippen molar-refractivity contribution in [3.8, 4) is 22.5 Å². The maximum atomic E-state index is 15.0. The molecule has 1 fully saturated rings. The zero-order chi connectivity index (χ0) is 21.3. The third-order valence-electron chi connectivity index (χ3n) is 4.58. The van der Waals surface area contributed by atoms with Crippen molar-refractivity contribution in [3.05, 3.63) is 45.8 Å². The van der Waals surface area contributed by atoms with E-state index in [1.54, 1.807) is 17.0 Å². The van der Waals surface area contributed by atoms with Gasteiger partial charge in [0.25, 0.3) is 0 Å². The zero-order valence-electron chi connectivity index (χ0n) is 16.1. The van der Waals surface area contributed by atoms with E-state index in [-0.39, 0.29) is 29.0 Å². The van der Waals surface area contributed by atoms with Gasteiger partial charge in [-0.05, 0) is 42.5 Å². The van der Waals surface area contributed by atoms with Crippen molar-refractivity contribution >= 4 is 23.3 Å². The van der Waals surface area contributed by atoms with Crippen molar-refractivity contribution in [2.24, 2.45) is 0 Å². The fourth-order valence-electron chi connectivity index (χ4n) is 3.42. The maximum Gasteiger partial charge on any atom is 0.189 e. The van der Waals surface area contributed by atoms with Gasteiger partial charge in [-0.2, -0.15) is 0 Å². The number of halogens is 2. The molecule has 2 aromatic heterocycles. The molecular formula is C20H17F2N5O2S. The number of carbonyl (C=O) groups is 1. The van der Waals surface area contributed by atoms with Crippen LogP contribution in [0.3, 0.4) is 0 Å². The van der Waals surface area contributed by atoms with E-state index in [9.17, 15) is 13.6 Å². The summed E-state index contributed by atoms with van der Waals surface area (Å²) >= 11 is 1.30. The van der Waals surface area contributed by atoms with Crippen molar-refractivity contribution in [2.75, 3.05) is 18.0 Å². The zero-order valence-corrected chi connectivity index (χ0v) is 17.0. The predicted molar refractivity (Wildman–Crippen MR) is 107 cm³/mol. The molecule has 3 heterocycles. The highest BCUT2D eigenvalue weighted by atomic mass is 32.1. The van der Waals surface area contributed by atoms with Gasteiger partial charge in [0.15, 0.2) is 23.7 Å². The molecule has 4 rings (SSSR count). The standard InChI is InChI=1S/C20H17F2N5O2S/c1-11-8-27(9-12(2)29-11)19-14(10-28)7-13(17(21)18(19)22)3-4-15-5-6-16(30-15)20-23-25-26-24-20/h5-7,10-12H,8-9H2,1-2H3,(H,23,24,25,26)/t11-,12+. The number of rotatable bonds is 3. The smallest absolute Gasteiger partial charge is 0.189 e. The summed E-state index contributed by atoms with van der Waals surface area (Å²) in [6.07, 6.45) is 0.194. The summed E-state index contributed by atoms with van der Waals surface area (Å²) in [6, 6.07) is 4.79. The van der Waals surface area contributed by atoms with Gasteiger partial charge in [-0.25, -0.2) is 13.9 Å². The number of H-pyrrole nitrogens is 1. The maximum absolute atomic E-state index is 15.0. The lowest BCUT2D eigenvalue weighted by Gasteiger charge is -2.37. The lowest BCUT2D eigenvalue weighted by atomic mass is 10.1. The number of aldehydes is 1. The summed E-state index contributed by atoms with van der Waals surface area (Å²) in [4.78, 5) is 14.7. The third-order valence-corrected chi connectivity index (χ3v) is 5.59. The molecule has 0 aliphatic carbocycles. The van der Waals surface area contributed by atoms with Gasteiger partial charge >= 0.3 is 0 Å². The van der Waals surface area contributed by atoms with Crippen molar-refractivity contribution in [3.63, 3.8) is 0 Å². The lowest BCUT2D eigenvalue weighted by molar-refractivity contribution is -0.00547. The summed E-state index contributed by atoms with van der Waals surface area (Å²) in [5.74, 6) is 3.77. The van der Waals surface area contributed by atoms with E-state index in [1.165, 1.54) is 17.4 Å². The van der Waals surface area contributed by atoms with E-state index in [2.05, 4.69) is 32.5 Å². The molecule has 0 spiro atoms. The van der Waals surface area contributed by atoms with Crippen LogP contribution in [0.15, 0.2) is 18.2 Å². The average Bonchev–Trinajstić information content (AvgIpc) is 3.39. The Hall–Kier alpha value is -3.16. The fraction of sp³-hybridized carbons (Fsp3) is 0.300. The van der Waals surface area contributed by atoms with Crippen LogP contribution >= 0.6 is 11.3 Å². The minimum Gasteiger partial charge on any atom is -0.372 e. The molecule has 1 aliphatic heterocycles. The lowest BCUT2D eigenvalue weighted by Crippen LogP contribution is -2.46. The minimum absolute atomic E-state index is 0.0497. The molecule has 0 saturated carbocycles. The Balaban J connectivity index is 1.67. The van der Waals surface area contributed by atoms with E-state index in [1.807, 2.05) is 13.8 Å². The Bertz CT molecular complexity index is 1130. The Morgan fingerprint density at radius 2 is 2.00 bits per heavy atom. The molecule has 1 aliphatic rings. The van der Waals surface area contributed by atoms with Gasteiger partial charge in [-0.3, -0.25) is 4.79 Å². The van der Waals surface area contributed by atoms with Crippen molar-refractivity contribution in [2.45, 2.75) is 26.1 Å². The number of carbonyl (C=O) groups excluding carboxylic acids is 1.